The van der Waals surface area contributed by atoms with E-state index in [1.165, 1.54) is 5.56 Å². The molecule has 0 saturated carbocycles. The second-order valence-corrected chi connectivity index (χ2v) is 5.01. The normalized spacial score (nSPS) is 10.8. The highest BCUT2D eigenvalue weighted by Gasteiger charge is 2.02. The van der Waals surface area contributed by atoms with E-state index >= 15 is 0 Å². The van der Waals surface area contributed by atoms with Gasteiger partial charge in [0.1, 0.15) is 5.75 Å². The third kappa shape index (κ3) is 4.31. The van der Waals surface area contributed by atoms with Crippen molar-refractivity contribution < 1.29 is 4.74 Å². The molecule has 0 atom stereocenters. The number of hydrogen-bond donors (Lipinski definition) is 1. The second-order valence-electron chi connectivity index (χ2n) is 5.01. The molecule has 4 nitrogen and oxygen atoms in total. The quantitative estimate of drug-likeness (QED) is 0.875. The minimum Gasteiger partial charge on any atom is -0.424 e. The molecule has 1 aromatic carbocycles. The van der Waals surface area contributed by atoms with E-state index < -0.39 is 0 Å². The Bertz CT molecular complexity index is 520. The molecule has 0 spiro atoms. The molecular formula is C16H21N3O. The third-order valence-corrected chi connectivity index (χ3v) is 2.94. The first-order valence-corrected chi connectivity index (χ1v) is 6.98. The van der Waals surface area contributed by atoms with Gasteiger partial charge in [0, 0.05) is 30.5 Å². The standard InChI is InChI=1S/C16H21N3O/c1-4-13-5-7-15(8-6-13)20-16-18-10-14(11-19-16)9-17-12(2)3/h5-8,10-12,17H,4,9H2,1-3H3. The number of nitrogens with one attached hydrogen (secondary N) is 1. The summed E-state index contributed by atoms with van der Waals surface area (Å²) in [5.41, 5.74) is 2.33. The molecule has 0 aliphatic rings. The lowest BCUT2D eigenvalue weighted by Crippen LogP contribution is -2.21. The van der Waals surface area contributed by atoms with Crippen LogP contribution in [0.4, 0.5) is 0 Å². The van der Waals surface area contributed by atoms with Crippen LogP contribution in [0.25, 0.3) is 0 Å². The highest BCUT2D eigenvalue weighted by Crippen LogP contribution is 2.18. The van der Waals surface area contributed by atoms with Gasteiger partial charge in [0.15, 0.2) is 0 Å². The molecule has 0 unspecified atom stereocenters. The van der Waals surface area contributed by atoms with E-state index in [1.807, 2.05) is 12.1 Å². The predicted octanol–water partition coefficient (Wildman–Crippen LogP) is 3.33. The summed E-state index contributed by atoms with van der Waals surface area (Å²) >= 11 is 0. The Balaban J connectivity index is 1.95. The Hall–Kier alpha value is -1.94. The number of aromatic nitrogens is 2. The Labute approximate surface area is 120 Å². The first-order chi connectivity index (χ1) is 9.67. The van der Waals surface area contributed by atoms with E-state index in [2.05, 4.69) is 48.2 Å². The van der Waals surface area contributed by atoms with Gasteiger partial charge in [-0.25, -0.2) is 9.97 Å². The Morgan fingerprint density at radius 2 is 1.70 bits per heavy atom. The van der Waals surface area contributed by atoms with Crippen molar-refractivity contribution in [2.24, 2.45) is 0 Å². The summed E-state index contributed by atoms with van der Waals surface area (Å²) in [5.74, 6) is 0.759. The maximum Gasteiger partial charge on any atom is 0.321 e. The van der Waals surface area contributed by atoms with Gasteiger partial charge in [0.05, 0.1) is 0 Å². The summed E-state index contributed by atoms with van der Waals surface area (Å²) in [7, 11) is 0. The molecule has 2 aromatic rings. The van der Waals surface area contributed by atoms with Crippen LogP contribution in [0.5, 0.6) is 11.8 Å². The molecule has 1 aromatic heterocycles. The van der Waals surface area contributed by atoms with Gasteiger partial charge in [-0.3, -0.25) is 0 Å². The first-order valence-electron chi connectivity index (χ1n) is 6.98. The van der Waals surface area contributed by atoms with Gasteiger partial charge < -0.3 is 10.1 Å². The summed E-state index contributed by atoms with van der Waals surface area (Å²) in [6.07, 6.45) is 4.60. The molecule has 0 amide bonds. The molecule has 20 heavy (non-hydrogen) atoms. The lowest BCUT2D eigenvalue weighted by atomic mass is 10.2. The van der Waals surface area contributed by atoms with Crippen molar-refractivity contribution in [2.75, 3.05) is 0 Å². The van der Waals surface area contributed by atoms with Crippen LogP contribution < -0.4 is 10.1 Å². The molecule has 4 heteroatoms. The maximum absolute atomic E-state index is 5.62. The van der Waals surface area contributed by atoms with Gasteiger partial charge in [-0.15, -0.1) is 0 Å². The van der Waals surface area contributed by atoms with Crippen molar-refractivity contribution in [3.63, 3.8) is 0 Å². The molecule has 0 bridgehead atoms. The Morgan fingerprint density at radius 3 is 2.25 bits per heavy atom. The number of benzene rings is 1. The molecule has 0 saturated heterocycles. The van der Waals surface area contributed by atoms with E-state index in [0.29, 0.717) is 12.1 Å². The van der Waals surface area contributed by atoms with Crippen LogP contribution in [0.3, 0.4) is 0 Å². The lowest BCUT2D eigenvalue weighted by Gasteiger charge is -2.08. The molecule has 1 heterocycles. The van der Waals surface area contributed by atoms with Crippen LogP contribution in [0.1, 0.15) is 31.9 Å². The molecule has 106 valence electrons. The van der Waals surface area contributed by atoms with Gasteiger partial charge >= 0.3 is 6.01 Å². The Kier molecular flexibility index (Phi) is 5.07. The van der Waals surface area contributed by atoms with E-state index in [-0.39, 0.29) is 0 Å². The average molecular weight is 271 g/mol. The van der Waals surface area contributed by atoms with Crippen LogP contribution >= 0.6 is 0 Å². The first kappa shape index (κ1) is 14.5. The fourth-order valence-corrected chi connectivity index (χ4v) is 1.71. The summed E-state index contributed by atoms with van der Waals surface area (Å²) in [6, 6.07) is 8.81. The number of aryl methyl sites for hydroxylation is 1. The molecule has 1 N–H and O–H groups in total. The molecule has 0 fully saturated rings. The highest BCUT2D eigenvalue weighted by atomic mass is 16.5. The minimum absolute atomic E-state index is 0.377. The molecule has 0 radical (unpaired) electrons. The largest absolute Gasteiger partial charge is 0.424 e. The van der Waals surface area contributed by atoms with E-state index in [1.54, 1.807) is 12.4 Å². The fraction of sp³-hybridized carbons (Fsp3) is 0.375. The predicted molar refractivity (Wildman–Crippen MR) is 79.9 cm³/mol. The summed E-state index contributed by atoms with van der Waals surface area (Å²) in [5, 5.41) is 3.32. The van der Waals surface area contributed by atoms with Crippen molar-refractivity contribution in [2.45, 2.75) is 39.8 Å². The van der Waals surface area contributed by atoms with Crippen LogP contribution in [0, 0.1) is 0 Å². The SMILES string of the molecule is CCc1ccc(Oc2ncc(CNC(C)C)cn2)cc1. The van der Waals surface area contributed by atoms with Crippen molar-refractivity contribution >= 4 is 0 Å². The maximum atomic E-state index is 5.62. The van der Waals surface area contributed by atoms with E-state index in [9.17, 15) is 0 Å². The zero-order valence-electron chi connectivity index (χ0n) is 12.3. The van der Waals surface area contributed by atoms with Gasteiger partial charge in [-0.2, -0.15) is 0 Å². The third-order valence-electron chi connectivity index (χ3n) is 2.94. The number of rotatable bonds is 6. The van der Waals surface area contributed by atoms with Crippen LogP contribution in [-0.4, -0.2) is 16.0 Å². The van der Waals surface area contributed by atoms with Crippen LogP contribution in [0.2, 0.25) is 0 Å². The van der Waals surface area contributed by atoms with Crippen molar-refractivity contribution in [3.8, 4) is 11.8 Å². The summed E-state index contributed by atoms with van der Waals surface area (Å²) < 4.78 is 5.62. The monoisotopic (exact) mass is 271 g/mol. The molecule has 0 aliphatic carbocycles. The van der Waals surface area contributed by atoms with Gasteiger partial charge in [0.25, 0.3) is 0 Å². The number of ether oxygens (including phenoxy) is 1. The van der Waals surface area contributed by atoms with Crippen LogP contribution in [0.15, 0.2) is 36.7 Å². The van der Waals surface area contributed by atoms with Gasteiger partial charge in [-0.05, 0) is 24.1 Å². The lowest BCUT2D eigenvalue weighted by molar-refractivity contribution is 0.440. The molecular weight excluding hydrogens is 250 g/mol. The number of hydrogen-bond acceptors (Lipinski definition) is 4. The fourth-order valence-electron chi connectivity index (χ4n) is 1.71. The molecule has 2 rings (SSSR count). The average Bonchev–Trinajstić information content (AvgIpc) is 2.47. The van der Waals surface area contributed by atoms with Crippen molar-refractivity contribution in [3.05, 3.63) is 47.8 Å². The summed E-state index contributed by atoms with van der Waals surface area (Å²) in [4.78, 5) is 8.44. The summed E-state index contributed by atoms with van der Waals surface area (Å²) in [6.45, 7) is 7.11. The topological polar surface area (TPSA) is 47.0 Å². The molecule has 0 aliphatic heterocycles. The van der Waals surface area contributed by atoms with Crippen molar-refractivity contribution in [1.29, 1.82) is 0 Å². The van der Waals surface area contributed by atoms with Crippen molar-refractivity contribution in [1.82, 2.24) is 15.3 Å². The smallest absolute Gasteiger partial charge is 0.321 e. The van der Waals surface area contributed by atoms with Crippen LogP contribution in [-0.2, 0) is 13.0 Å². The zero-order valence-corrected chi connectivity index (χ0v) is 12.3. The number of nitrogens with zero attached hydrogens (tertiary/aromatic N) is 2. The zero-order chi connectivity index (χ0) is 14.4. The van der Waals surface area contributed by atoms with E-state index in [4.69, 9.17) is 4.74 Å². The highest BCUT2D eigenvalue weighted by molar-refractivity contribution is 5.29. The van der Waals surface area contributed by atoms with E-state index in [0.717, 1.165) is 24.3 Å². The van der Waals surface area contributed by atoms with Gasteiger partial charge in [-0.1, -0.05) is 32.9 Å². The Morgan fingerprint density at radius 1 is 1.05 bits per heavy atom. The second kappa shape index (κ2) is 7.01. The van der Waals surface area contributed by atoms with Gasteiger partial charge in [0.2, 0.25) is 0 Å². The minimum atomic E-state index is 0.377.